The number of methoxy groups -OCH3 is 1. The Bertz CT molecular complexity index is 971. The zero-order valence-electron chi connectivity index (χ0n) is 16.9. The van der Waals surface area contributed by atoms with Gasteiger partial charge in [-0.1, -0.05) is 23.5 Å². The molecule has 0 saturated carbocycles. The van der Waals surface area contributed by atoms with Crippen LogP contribution in [-0.4, -0.2) is 50.1 Å². The molecule has 0 aliphatic carbocycles. The molecular weight excluding hydrogens is 394 g/mol. The number of benzene rings is 2. The normalized spacial score (nSPS) is 10.8. The maximum Gasteiger partial charge on any atom is 0.260 e. The Balaban J connectivity index is 0.00000280. The van der Waals surface area contributed by atoms with Crippen molar-refractivity contribution in [2.75, 3.05) is 39.2 Å². The number of thiazole rings is 1. The largest absolute Gasteiger partial charge is 0.494 e. The van der Waals surface area contributed by atoms with Crippen LogP contribution in [0.3, 0.4) is 0 Å². The van der Waals surface area contributed by atoms with E-state index in [1.54, 1.807) is 12.0 Å². The van der Waals surface area contributed by atoms with Gasteiger partial charge in [-0.05, 0) is 63.3 Å². The monoisotopic (exact) mass is 419 g/mol. The van der Waals surface area contributed by atoms with Crippen LogP contribution in [0.15, 0.2) is 36.4 Å². The van der Waals surface area contributed by atoms with E-state index in [9.17, 15) is 4.79 Å². The zero-order valence-corrected chi connectivity index (χ0v) is 18.5. The van der Waals surface area contributed by atoms with E-state index in [0.29, 0.717) is 17.2 Å². The molecule has 2 aromatic carbocycles. The lowest BCUT2D eigenvalue weighted by molar-refractivity contribution is 0.0985. The number of ether oxygens (including phenoxy) is 1. The quantitative estimate of drug-likeness (QED) is 0.587. The second-order valence-corrected chi connectivity index (χ2v) is 7.87. The summed E-state index contributed by atoms with van der Waals surface area (Å²) >= 11 is 1.51. The lowest BCUT2D eigenvalue weighted by Crippen LogP contribution is -2.36. The minimum absolute atomic E-state index is 0. The molecule has 0 unspecified atom stereocenters. The molecule has 1 amide bonds. The van der Waals surface area contributed by atoms with E-state index in [4.69, 9.17) is 9.72 Å². The molecule has 0 bridgehead atoms. The highest BCUT2D eigenvalue weighted by Gasteiger charge is 2.22. The van der Waals surface area contributed by atoms with Gasteiger partial charge < -0.3 is 9.64 Å². The summed E-state index contributed by atoms with van der Waals surface area (Å²) in [5.41, 5.74) is 3.77. The van der Waals surface area contributed by atoms with Crippen molar-refractivity contribution < 1.29 is 9.53 Å². The first-order valence-electron chi connectivity index (χ1n) is 8.88. The minimum Gasteiger partial charge on any atom is -0.494 e. The van der Waals surface area contributed by atoms with Gasteiger partial charge in [-0.2, -0.15) is 0 Å². The summed E-state index contributed by atoms with van der Waals surface area (Å²) < 4.78 is 6.43. The number of rotatable bonds is 6. The minimum atomic E-state index is -0.0297. The molecule has 1 aromatic heterocycles. The van der Waals surface area contributed by atoms with E-state index in [0.717, 1.165) is 28.1 Å². The fraction of sp³-hybridized carbons (Fsp3) is 0.333. The van der Waals surface area contributed by atoms with Crippen LogP contribution in [-0.2, 0) is 0 Å². The number of carbonyl (C=O) groups excluding carboxylic acids is 1. The average molecular weight is 420 g/mol. The van der Waals surface area contributed by atoms with Crippen molar-refractivity contribution in [1.82, 2.24) is 9.88 Å². The molecule has 28 heavy (non-hydrogen) atoms. The Morgan fingerprint density at radius 1 is 1.11 bits per heavy atom. The molecule has 3 rings (SSSR count). The number of carbonyl (C=O) groups is 1. The number of hydrogen-bond acceptors (Lipinski definition) is 5. The molecule has 0 spiro atoms. The van der Waals surface area contributed by atoms with Crippen molar-refractivity contribution in [2.45, 2.75) is 13.8 Å². The number of likely N-dealkylation sites (N-methyl/N-ethyl adjacent to an activating group) is 1. The molecule has 0 aliphatic rings. The van der Waals surface area contributed by atoms with Gasteiger partial charge in [0.1, 0.15) is 11.3 Å². The van der Waals surface area contributed by atoms with Gasteiger partial charge in [0, 0.05) is 18.7 Å². The molecule has 0 radical (unpaired) electrons. The number of aromatic nitrogens is 1. The van der Waals surface area contributed by atoms with Crippen molar-refractivity contribution in [3.63, 3.8) is 0 Å². The van der Waals surface area contributed by atoms with Crippen LogP contribution in [0.5, 0.6) is 5.75 Å². The molecule has 5 nitrogen and oxygen atoms in total. The summed E-state index contributed by atoms with van der Waals surface area (Å²) in [5, 5.41) is 0.694. The second kappa shape index (κ2) is 9.37. The average Bonchev–Trinajstić information content (AvgIpc) is 3.07. The zero-order chi connectivity index (χ0) is 19.6. The number of hydrogen-bond donors (Lipinski definition) is 0. The van der Waals surface area contributed by atoms with Crippen molar-refractivity contribution in [3.05, 3.63) is 53.1 Å². The summed E-state index contributed by atoms with van der Waals surface area (Å²) in [5.74, 6) is 0.694. The summed E-state index contributed by atoms with van der Waals surface area (Å²) in [6.45, 7) is 5.40. The van der Waals surface area contributed by atoms with E-state index < -0.39 is 0 Å². The molecule has 0 atom stereocenters. The first-order chi connectivity index (χ1) is 12.9. The highest BCUT2D eigenvalue weighted by Crippen LogP contribution is 2.34. The van der Waals surface area contributed by atoms with Crippen LogP contribution in [0.25, 0.3) is 10.2 Å². The molecule has 0 aliphatic heterocycles. The first kappa shape index (κ1) is 22.1. The topological polar surface area (TPSA) is 45.7 Å². The summed E-state index contributed by atoms with van der Waals surface area (Å²) in [6.07, 6.45) is 0. The van der Waals surface area contributed by atoms with Gasteiger partial charge in [0.15, 0.2) is 5.13 Å². The van der Waals surface area contributed by atoms with Gasteiger partial charge in [0.05, 0.1) is 11.8 Å². The predicted octanol–water partition coefficient (Wildman–Crippen LogP) is 4.55. The van der Waals surface area contributed by atoms with E-state index in [2.05, 4.69) is 4.90 Å². The smallest absolute Gasteiger partial charge is 0.260 e. The van der Waals surface area contributed by atoms with Gasteiger partial charge in [0.2, 0.25) is 0 Å². The molecule has 7 heteroatoms. The van der Waals surface area contributed by atoms with Gasteiger partial charge in [-0.25, -0.2) is 4.98 Å². The maximum atomic E-state index is 13.3. The van der Waals surface area contributed by atoms with Crippen molar-refractivity contribution in [3.8, 4) is 5.75 Å². The Kier molecular flexibility index (Phi) is 7.41. The molecule has 150 valence electrons. The van der Waals surface area contributed by atoms with Crippen LogP contribution in [0, 0.1) is 13.8 Å². The van der Waals surface area contributed by atoms with Crippen LogP contribution in [0.4, 0.5) is 5.13 Å². The SMILES string of the molecule is COc1cccc2sc(N(CCN(C)C)C(=O)c3ccc(C)c(C)c3)nc12.Cl. The number of fused-ring (bicyclic) bond motifs is 1. The van der Waals surface area contributed by atoms with Gasteiger partial charge >= 0.3 is 0 Å². The fourth-order valence-corrected chi connectivity index (χ4v) is 3.81. The highest BCUT2D eigenvalue weighted by molar-refractivity contribution is 7.22. The third-order valence-corrected chi connectivity index (χ3v) is 5.63. The first-order valence-corrected chi connectivity index (χ1v) is 9.69. The number of aryl methyl sites for hydroxylation is 2. The summed E-state index contributed by atoms with van der Waals surface area (Å²) in [4.78, 5) is 21.9. The van der Waals surface area contributed by atoms with Crippen molar-refractivity contribution in [2.24, 2.45) is 0 Å². The fourth-order valence-electron chi connectivity index (χ4n) is 2.81. The van der Waals surface area contributed by atoms with E-state index in [1.807, 2.05) is 64.3 Å². The lowest BCUT2D eigenvalue weighted by atomic mass is 10.1. The molecule has 0 saturated heterocycles. The van der Waals surface area contributed by atoms with E-state index >= 15 is 0 Å². The van der Waals surface area contributed by atoms with Crippen LogP contribution < -0.4 is 9.64 Å². The maximum absolute atomic E-state index is 13.3. The van der Waals surface area contributed by atoms with Crippen LogP contribution >= 0.6 is 23.7 Å². The van der Waals surface area contributed by atoms with Crippen LogP contribution in [0.2, 0.25) is 0 Å². The molecule has 1 heterocycles. The van der Waals surface area contributed by atoms with Gasteiger partial charge in [0.25, 0.3) is 5.91 Å². The number of halogens is 1. The summed E-state index contributed by atoms with van der Waals surface area (Å²) in [6, 6.07) is 11.7. The third kappa shape index (κ3) is 4.63. The number of para-hydroxylation sites is 1. The Morgan fingerprint density at radius 3 is 2.50 bits per heavy atom. The van der Waals surface area contributed by atoms with Gasteiger partial charge in [-0.3, -0.25) is 9.69 Å². The Labute approximate surface area is 176 Å². The standard InChI is InChI=1S/C21H25N3O2S.ClH/c1-14-9-10-16(13-15(14)2)20(25)24(12-11-23(3)4)21-22-19-17(26-5)7-6-8-18(19)27-21;/h6-10,13H,11-12H2,1-5H3;1H. The number of amides is 1. The molecule has 3 aromatic rings. The number of anilines is 1. The second-order valence-electron chi connectivity index (χ2n) is 6.86. The highest BCUT2D eigenvalue weighted by atomic mass is 35.5. The molecular formula is C21H26ClN3O2S. The Morgan fingerprint density at radius 2 is 1.86 bits per heavy atom. The predicted molar refractivity (Wildman–Crippen MR) is 120 cm³/mol. The van der Waals surface area contributed by atoms with Crippen LogP contribution in [0.1, 0.15) is 21.5 Å². The lowest BCUT2D eigenvalue weighted by Gasteiger charge is -2.22. The van der Waals surface area contributed by atoms with Crippen molar-refractivity contribution >= 4 is 45.0 Å². The molecule has 0 fully saturated rings. The number of nitrogens with zero attached hydrogens (tertiary/aromatic N) is 3. The van der Waals surface area contributed by atoms with Gasteiger partial charge in [-0.15, -0.1) is 12.4 Å². The Hall–Kier alpha value is -2.15. The summed E-state index contributed by atoms with van der Waals surface area (Å²) in [7, 11) is 5.64. The van der Waals surface area contributed by atoms with Crippen molar-refractivity contribution in [1.29, 1.82) is 0 Å². The molecule has 0 N–H and O–H groups in total. The van der Waals surface area contributed by atoms with E-state index in [1.165, 1.54) is 16.9 Å². The third-order valence-electron chi connectivity index (χ3n) is 4.59. The van der Waals surface area contributed by atoms with E-state index in [-0.39, 0.29) is 18.3 Å².